The summed E-state index contributed by atoms with van der Waals surface area (Å²) in [6.45, 7) is 7.56. The fraction of sp³-hybridized carbons (Fsp3) is 0.429. The number of hydrogen-bond donors (Lipinski definition) is 1. The van der Waals surface area contributed by atoms with Crippen molar-refractivity contribution in [3.63, 3.8) is 0 Å². The van der Waals surface area contributed by atoms with Gasteiger partial charge in [0, 0.05) is 30.1 Å². The van der Waals surface area contributed by atoms with Crippen LogP contribution in [0.5, 0.6) is 5.75 Å². The van der Waals surface area contributed by atoms with Crippen LogP contribution in [0.2, 0.25) is 5.02 Å². The van der Waals surface area contributed by atoms with Crippen molar-refractivity contribution in [2.45, 2.75) is 32.7 Å². The lowest BCUT2D eigenvalue weighted by Crippen LogP contribution is -2.44. The first kappa shape index (κ1) is 21.3. The molecule has 3 aromatic rings. The van der Waals surface area contributed by atoms with Crippen LogP contribution in [0.1, 0.15) is 48.2 Å². The fourth-order valence-electron chi connectivity index (χ4n) is 4.13. The molecule has 1 aromatic carbocycles. The van der Waals surface area contributed by atoms with Crippen LogP contribution in [0, 0.1) is 18.3 Å². The number of nitrogens with two attached hydrogens (primary N) is 1. The van der Waals surface area contributed by atoms with Crippen LogP contribution >= 0.6 is 11.6 Å². The van der Waals surface area contributed by atoms with E-state index in [-0.39, 0.29) is 12.0 Å². The van der Waals surface area contributed by atoms with Gasteiger partial charge in [0.1, 0.15) is 24.0 Å². The predicted molar refractivity (Wildman–Crippen MR) is 117 cm³/mol. The molecule has 1 aliphatic rings. The third-order valence-electron chi connectivity index (χ3n) is 5.72. The molecule has 0 amide bonds. The molecule has 1 unspecified atom stereocenters. The van der Waals surface area contributed by atoms with E-state index in [4.69, 9.17) is 26.9 Å². The maximum atomic E-state index is 9.82. The minimum Gasteiger partial charge on any atom is -0.493 e. The van der Waals surface area contributed by atoms with Gasteiger partial charge in [-0.15, -0.1) is 0 Å². The number of ether oxygens (including phenoxy) is 1. The Hall–Kier alpha value is -2.93. The highest BCUT2D eigenvalue weighted by Crippen LogP contribution is 2.44. The van der Waals surface area contributed by atoms with Crippen molar-refractivity contribution in [3.8, 4) is 11.8 Å². The maximum Gasteiger partial charge on any atom is 0.164 e. The van der Waals surface area contributed by atoms with E-state index in [1.165, 1.54) is 6.33 Å². The zero-order chi connectivity index (χ0) is 22.3. The molecular weight excluding hydrogens is 418 g/mol. The molecule has 1 aliphatic heterocycles. The van der Waals surface area contributed by atoms with Gasteiger partial charge in [0.05, 0.1) is 41.4 Å². The highest BCUT2D eigenvalue weighted by molar-refractivity contribution is 6.32. The van der Waals surface area contributed by atoms with Gasteiger partial charge in [-0.25, -0.2) is 14.6 Å². The number of fused-ring (bicyclic) bond motifs is 1. The molecule has 2 N–H and O–H groups in total. The molecule has 2 aromatic heterocycles. The summed E-state index contributed by atoms with van der Waals surface area (Å²) in [6.07, 6.45) is 1.43. The van der Waals surface area contributed by atoms with E-state index in [0.717, 1.165) is 22.2 Å². The highest BCUT2D eigenvalue weighted by atomic mass is 35.5. The van der Waals surface area contributed by atoms with E-state index in [0.29, 0.717) is 47.5 Å². The number of aromatic nitrogens is 4. The van der Waals surface area contributed by atoms with Crippen LogP contribution in [0.15, 0.2) is 12.4 Å². The Kier molecular flexibility index (Phi) is 5.71. The molecule has 0 bridgehead atoms. The predicted octanol–water partition coefficient (Wildman–Crippen LogP) is 3.21. The van der Waals surface area contributed by atoms with E-state index in [2.05, 4.69) is 21.1 Å². The van der Waals surface area contributed by atoms with E-state index in [1.807, 2.05) is 25.8 Å². The first-order valence-corrected chi connectivity index (χ1v) is 10.4. The third-order valence-corrected chi connectivity index (χ3v) is 6.02. The quantitative estimate of drug-likeness (QED) is 0.620. The molecule has 1 atom stereocenters. The Morgan fingerprint density at radius 1 is 1.39 bits per heavy atom. The van der Waals surface area contributed by atoms with Crippen molar-refractivity contribution in [1.82, 2.24) is 24.8 Å². The zero-order valence-corrected chi connectivity index (χ0v) is 18.6. The molecule has 3 heterocycles. The van der Waals surface area contributed by atoms with E-state index in [1.54, 1.807) is 17.9 Å². The van der Waals surface area contributed by atoms with E-state index in [9.17, 15) is 5.26 Å². The van der Waals surface area contributed by atoms with Crippen molar-refractivity contribution >= 4 is 28.5 Å². The second-order valence-corrected chi connectivity index (χ2v) is 7.91. The standard InChI is InChI=1S/C21H24ClN7O2/c1-5-31-19-14(6-16(22)15(7-23)18(19)13-8-28(9-13)30-4)12(3)29-21-17(11(2)27-29)20(24)25-10-26-21/h6,10,12-13H,5,8-9H2,1-4H3,(H2,24,25,26). The lowest BCUT2D eigenvalue weighted by Gasteiger charge is -2.39. The van der Waals surface area contributed by atoms with Crippen molar-refractivity contribution in [2.75, 3.05) is 32.5 Å². The van der Waals surface area contributed by atoms with Gasteiger partial charge in [0.15, 0.2) is 5.65 Å². The summed E-state index contributed by atoms with van der Waals surface area (Å²) in [5.74, 6) is 1.13. The molecule has 9 nitrogen and oxygen atoms in total. The zero-order valence-electron chi connectivity index (χ0n) is 17.9. The summed E-state index contributed by atoms with van der Waals surface area (Å²) in [4.78, 5) is 13.8. The molecule has 1 saturated heterocycles. The largest absolute Gasteiger partial charge is 0.493 e. The van der Waals surface area contributed by atoms with Crippen LogP contribution < -0.4 is 10.5 Å². The highest BCUT2D eigenvalue weighted by Gasteiger charge is 2.36. The Balaban J connectivity index is 1.90. The first-order chi connectivity index (χ1) is 14.9. The van der Waals surface area contributed by atoms with Crippen LogP contribution in [0.4, 0.5) is 5.82 Å². The number of hydrogen-bond acceptors (Lipinski definition) is 8. The van der Waals surface area contributed by atoms with Crippen LogP contribution in [0.3, 0.4) is 0 Å². The van der Waals surface area contributed by atoms with Crippen molar-refractivity contribution in [3.05, 3.63) is 39.8 Å². The van der Waals surface area contributed by atoms with Gasteiger partial charge in [-0.1, -0.05) is 11.6 Å². The summed E-state index contributed by atoms with van der Waals surface area (Å²) in [7, 11) is 1.63. The Morgan fingerprint density at radius 3 is 2.77 bits per heavy atom. The Bertz CT molecular complexity index is 1180. The number of rotatable bonds is 6. The number of anilines is 1. The van der Waals surface area contributed by atoms with Gasteiger partial charge < -0.3 is 15.3 Å². The van der Waals surface area contributed by atoms with E-state index < -0.39 is 0 Å². The number of aryl methyl sites for hydroxylation is 1. The minimum atomic E-state index is -0.269. The van der Waals surface area contributed by atoms with Gasteiger partial charge in [-0.3, -0.25) is 0 Å². The molecule has 162 valence electrons. The second-order valence-electron chi connectivity index (χ2n) is 7.50. The third kappa shape index (κ3) is 3.47. The normalized spacial score (nSPS) is 15.6. The molecule has 0 aliphatic carbocycles. The average Bonchev–Trinajstić information content (AvgIpc) is 3.06. The van der Waals surface area contributed by atoms with Gasteiger partial charge >= 0.3 is 0 Å². The lowest BCUT2D eigenvalue weighted by molar-refractivity contribution is -0.182. The maximum absolute atomic E-state index is 9.82. The smallest absolute Gasteiger partial charge is 0.164 e. The van der Waals surface area contributed by atoms with E-state index >= 15 is 0 Å². The number of nitrogens with zero attached hydrogens (tertiary/aromatic N) is 6. The minimum absolute atomic E-state index is 0.0786. The summed E-state index contributed by atoms with van der Waals surface area (Å²) < 4.78 is 7.91. The molecular formula is C21H24ClN7O2. The van der Waals surface area contributed by atoms with Gasteiger partial charge in [0.2, 0.25) is 0 Å². The van der Waals surface area contributed by atoms with Gasteiger partial charge in [-0.2, -0.15) is 15.4 Å². The topological polar surface area (TPSA) is 115 Å². The number of halogens is 1. The van der Waals surface area contributed by atoms with Gasteiger partial charge in [-0.05, 0) is 26.8 Å². The molecule has 1 fully saturated rings. The second kappa shape index (κ2) is 8.30. The number of nitriles is 1. The molecule has 0 radical (unpaired) electrons. The summed E-state index contributed by atoms with van der Waals surface area (Å²) in [5, 5.41) is 17.4. The van der Waals surface area contributed by atoms with Crippen LogP contribution in [-0.2, 0) is 4.84 Å². The number of hydroxylamine groups is 2. The summed E-state index contributed by atoms with van der Waals surface area (Å²) in [5.41, 5.74) is 9.53. The Labute approximate surface area is 185 Å². The molecule has 0 saturated carbocycles. The van der Waals surface area contributed by atoms with Crippen LogP contribution in [0.25, 0.3) is 11.0 Å². The van der Waals surface area contributed by atoms with Crippen molar-refractivity contribution in [2.24, 2.45) is 0 Å². The number of benzene rings is 1. The van der Waals surface area contributed by atoms with Crippen molar-refractivity contribution in [1.29, 1.82) is 5.26 Å². The molecule has 4 rings (SSSR count). The van der Waals surface area contributed by atoms with Crippen molar-refractivity contribution < 1.29 is 9.57 Å². The summed E-state index contributed by atoms with van der Waals surface area (Å²) in [6, 6.07) is 3.78. The number of nitrogen functional groups attached to an aromatic ring is 1. The Morgan fingerprint density at radius 2 is 2.13 bits per heavy atom. The molecule has 0 spiro atoms. The van der Waals surface area contributed by atoms with Crippen LogP contribution in [-0.4, -0.2) is 51.6 Å². The monoisotopic (exact) mass is 441 g/mol. The summed E-state index contributed by atoms with van der Waals surface area (Å²) >= 11 is 6.58. The molecule has 10 heteroatoms. The molecule has 31 heavy (non-hydrogen) atoms. The van der Waals surface area contributed by atoms with Gasteiger partial charge in [0.25, 0.3) is 0 Å². The fourth-order valence-corrected chi connectivity index (χ4v) is 4.39. The first-order valence-electron chi connectivity index (χ1n) is 10.0. The SMILES string of the molecule is CCOc1c(C(C)n2nc(C)c3c(N)ncnc32)cc(Cl)c(C#N)c1C1CN(OC)C1. The average molecular weight is 442 g/mol. The lowest BCUT2D eigenvalue weighted by atomic mass is 9.86.